The van der Waals surface area contributed by atoms with E-state index in [4.69, 9.17) is 5.73 Å². The standard InChI is InChI=1S/C15H21F2N/c16-15(17)14(12-4-2-1-3-5-12)13-8-6-11(10-18)7-9-13/h6-9,12,14-15H,1-5,10,18H2. The average molecular weight is 253 g/mol. The first kappa shape index (κ1) is 13.5. The van der Waals surface area contributed by atoms with Crippen LogP contribution in [0.2, 0.25) is 0 Å². The zero-order valence-corrected chi connectivity index (χ0v) is 10.6. The summed E-state index contributed by atoms with van der Waals surface area (Å²) >= 11 is 0. The summed E-state index contributed by atoms with van der Waals surface area (Å²) in [7, 11) is 0. The molecule has 1 nitrogen and oxygen atoms in total. The number of rotatable bonds is 4. The number of halogens is 2. The second-order valence-electron chi connectivity index (χ2n) is 5.20. The van der Waals surface area contributed by atoms with Crippen LogP contribution in [0.4, 0.5) is 8.78 Å². The van der Waals surface area contributed by atoms with Gasteiger partial charge in [0.1, 0.15) is 0 Å². The van der Waals surface area contributed by atoms with Crippen molar-refractivity contribution >= 4 is 0 Å². The number of hydrogen-bond donors (Lipinski definition) is 1. The summed E-state index contributed by atoms with van der Waals surface area (Å²) in [6.07, 6.45) is 2.99. The molecule has 0 aliphatic heterocycles. The third kappa shape index (κ3) is 3.08. The summed E-state index contributed by atoms with van der Waals surface area (Å²) in [6, 6.07) is 7.39. The zero-order valence-electron chi connectivity index (χ0n) is 10.6. The molecule has 0 saturated heterocycles. The molecule has 100 valence electrons. The Hall–Kier alpha value is -0.960. The molecule has 2 rings (SSSR count). The van der Waals surface area contributed by atoms with E-state index in [1.807, 2.05) is 24.3 Å². The first-order valence-electron chi connectivity index (χ1n) is 6.79. The minimum absolute atomic E-state index is 0.141. The van der Waals surface area contributed by atoms with Crippen LogP contribution in [-0.2, 0) is 6.54 Å². The van der Waals surface area contributed by atoms with Gasteiger partial charge in [-0.15, -0.1) is 0 Å². The second kappa shape index (κ2) is 6.28. The predicted octanol–water partition coefficient (Wildman–Crippen LogP) is 4.07. The van der Waals surface area contributed by atoms with E-state index in [1.54, 1.807) is 0 Å². The minimum atomic E-state index is -2.27. The van der Waals surface area contributed by atoms with E-state index in [9.17, 15) is 8.78 Å². The molecule has 1 aromatic rings. The molecule has 1 aliphatic carbocycles. The summed E-state index contributed by atoms with van der Waals surface area (Å²) in [4.78, 5) is 0. The fourth-order valence-corrected chi connectivity index (χ4v) is 2.99. The third-order valence-corrected chi connectivity index (χ3v) is 4.03. The third-order valence-electron chi connectivity index (χ3n) is 4.03. The SMILES string of the molecule is NCc1ccc(C(C(F)F)C2CCCCC2)cc1. The van der Waals surface area contributed by atoms with Gasteiger partial charge >= 0.3 is 0 Å². The second-order valence-corrected chi connectivity index (χ2v) is 5.20. The maximum absolute atomic E-state index is 13.3. The van der Waals surface area contributed by atoms with Crippen molar-refractivity contribution in [2.75, 3.05) is 0 Å². The lowest BCUT2D eigenvalue weighted by atomic mass is 9.77. The zero-order chi connectivity index (χ0) is 13.0. The molecule has 1 saturated carbocycles. The van der Waals surface area contributed by atoms with Gasteiger partial charge in [-0.05, 0) is 29.9 Å². The molecule has 0 spiro atoms. The van der Waals surface area contributed by atoms with Crippen LogP contribution in [0.1, 0.15) is 49.1 Å². The smallest absolute Gasteiger partial charge is 0.245 e. The molecular weight excluding hydrogens is 232 g/mol. The van der Waals surface area contributed by atoms with Crippen molar-refractivity contribution in [3.63, 3.8) is 0 Å². The van der Waals surface area contributed by atoms with E-state index in [0.29, 0.717) is 6.54 Å². The number of alkyl halides is 2. The lowest BCUT2D eigenvalue weighted by molar-refractivity contribution is 0.0743. The van der Waals surface area contributed by atoms with Crippen molar-refractivity contribution < 1.29 is 8.78 Å². The van der Waals surface area contributed by atoms with Crippen LogP contribution in [0.15, 0.2) is 24.3 Å². The van der Waals surface area contributed by atoms with E-state index in [-0.39, 0.29) is 5.92 Å². The molecule has 0 amide bonds. The van der Waals surface area contributed by atoms with Gasteiger partial charge in [0.2, 0.25) is 6.43 Å². The highest BCUT2D eigenvalue weighted by Gasteiger charge is 2.31. The Morgan fingerprint density at radius 1 is 1.06 bits per heavy atom. The largest absolute Gasteiger partial charge is 0.326 e. The van der Waals surface area contributed by atoms with Crippen molar-refractivity contribution in [3.8, 4) is 0 Å². The summed E-state index contributed by atoms with van der Waals surface area (Å²) in [5, 5.41) is 0. The minimum Gasteiger partial charge on any atom is -0.326 e. The van der Waals surface area contributed by atoms with Crippen molar-refractivity contribution in [2.45, 2.75) is 51.0 Å². The predicted molar refractivity (Wildman–Crippen MR) is 69.7 cm³/mol. The van der Waals surface area contributed by atoms with Crippen LogP contribution in [-0.4, -0.2) is 6.43 Å². The molecule has 1 unspecified atom stereocenters. The van der Waals surface area contributed by atoms with Crippen molar-refractivity contribution in [3.05, 3.63) is 35.4 Å². The Morgan fingerprint density at radius 2 is 1.67 bits per heavy atom. The Kier molecular flexibility index (Phi) is 4.70. The fourth-order valence-electron chi connectivity index (χ4n) is 2.99. The lowest BCUT2D eigenvalue weighted by Gasteiger charge is -2.30. The molecule has 3 heteroatoms. The molecule has 0 heterocycles. The van der Waals surface area contributed by atoms with Gasteiger partial charge in [-0.3, -0.25) is 0 Å². The summed E-state index contributed by atoms with van der Waals surface area (Å²) in [5.41, 5.74) is 7.30. The molecule has 0 radical (unpaired) electrons. The molecule has 1 atom stereocenters. The van der Waals surface area contributed by atoms with E-state index in [1.165, 1.54) is 6.42 Å². The van der Waals surface area contributed by atoms with Gasteiger partial charge in [0.05, 0.1) is 0 Å². The van der Waals surface area contributed by atoms with Gasteiger partial charge in [-0.25, -0.2) is 8.78 Å². The number of hydrogen-bond acceptors (Lipinski definition) is 1. The van der Waals surface area contributed by atoms with Crippen molar-refractivity contribution in [1.82, 2.24) is 0 Å². The van der Waals surface area contributed by atoms with Crippen molar-refractivity contribution in [1.29, 1.82) is 0 Å². The van der Waals surface area contributed by atoms with Crippen molar-refractivity contribution in [2.24, 2.45) is 11.7 Å². The summed E-state index contributed by atoms with van der Waals surface area (Å²) < 4.78 is 26.7. The summed E-state index contributed by atoms with van der Waals surface area (Å²) in [5.74, 6) is -0.459. The van der Waals surface area contributed by atoms with Crippen LogP contribution in [0.25, 0.3) is 0 Å². The van der Waals surface area contributed by atoms with E-state index in [0.717, 1.165) is 36.8 Å². The Labute approximate surface area is 107 Å². The molecule has 18 heavy (non-hydrogen) atoms. The maximum Gasteiger partial charge on any atom is 0.245 e. The normalized spacial score (nSPS) is 19.1. The topological polar surface area (TPSA) is 26.0 Å². The Morgan fingerprint density at radius 3 is 2.17 bits per heavy atom. The highest BCUT2D eigenvalue weighted by atomic mass is 19.3. The first-order chi connectivity index (χ1) is 8.72. The lowest BCUT2D eigenvalue weighted by Crippen LogP contribution is -2.22. The molecule has 0 aromatic heterocycles. The molecular formula is C15H21F2N. The van der Waals surface area contributed by atoms with Gasteiger partial charge in [0.15, 0.2) is 0 Å². The first-order valence-corrected chi connectivity index (χ1v) is 6.79. The monoisotopic (exact) mass is 253 g/mol. The van der Waals surface area contributed by atoms with Gasteiger partial charge in [0, 0.05) is 12.5 Å². The fraction of sp³-hybridized carbons (Fsp3) is 0.600. The molecule has 2 N–H and O–H groups in total. The van der Waals surface area contributed by atoms with Gasteiger partial charge in [0.25, 0.3) is 0 Å². The number of benzene rings is 1. The average Bonchev–Trinajstić information content (AvgIpc) is 2.40. The van der Waals surface area contributed by atoms with Crippen LogP contribution in [0.3, 0.4) is 0 Å². The Balaban J connectivity index is 2.17. The highest BCUT2D eigenvalue weighted by Crippen LogP contribution is 2.39. The van der Waals surface area contributed by atoms with E-state index >= 15 is 0 Å². The van der Waals surface area contributed by atoms with Gasteiger partial charge < -0.3 is 5.73 Å². The molecule has 1 fully saturated rings. The van der Waals surface area contributed by atoms with Crippen LogP contribution >= 0.6 is 0 Å². The van der Waals surface area contributed by atoms with Gasteiger partial charge in [-0.2, -0.15) is 0 Å². The van der Waals surface area contributed by atoms with Crippen LogP contribution in [0, 0.1) is 5.92 Å². The quantitative estimate of drug-likeness (QED) is 0.859. The molecule has 0 bridgehead atoms. The van der Waals surface area contributed by atoms with Crippen LogP contribution < -0.4 is 5.73 Å². The highest BCUT2D eigenvalue weighted by molar-refractivity contribution is 5.26. The number of nitrogens with two attached hydrogens (primary N) is 1. The van der Waals surface area contributed by atoms with E-state index < -0.39 is 12.3 Å². The van der Waals surface area contributed by atoms with Crippen LogP contribution in [0.5, 0.6) is 0 Å². The van der Waals surface area contributed by atoms with E-state index in [2.05, 4.69) is 0 Å². The molecule has 1 aliphatic rings. The maximum atomic E-state index is 13.3. The Bertz CT molecular complexity index is 355. The molecule has 1 aromatic carbocycles. The summed E-state index contributed by atoms with van der Waals surface area (Å²) in [6.45, 7) is 0.461. The van der Waals surface area contributed by atoms with Gasteiger partial charge in [-0.1, -0.05) is 43.5 Å².